The van der Waals surface area contributed by atoms with Gasteiger partial charge in [-0.2, -0.15) is 0 Å². The topological polar surface area (TPSA) is 66.9 Å². The van der Waals surface area contributed by atoms with Crippen molar-refractivity contribution in [2.24, 2.45) is 5.92 Å². The maximum atomic E-state index is 13.7. The Morgan fingerprint density at radius 2 is 2.05 bits per heavy atom. The highest BCUT2D eigenvalue weighted by Gasteiger charge is 2.45. The van der Waals surface area contributed by atoms with Crippen LogP contribution in [0, 0.1) is 25.6 Å². The summed E-state index contributed by atoms with van der Waals surface area (Å²) in [5.41, 5.74) is 6.85. The molecule has 1 heterocycles. The van der Waals surface area contributed by atoms with Gasteiger partial charge in [-0.25, -0.2) is 14.4 Å². The molecule has 22 heavy (non-hydrogen) atoms. The number of carbonyl (C=O) groups excluding carboxylic acids is 1. The van der Waals surface area contributed by atoms with Gasteiger partial charge in [0.05, 0.1) is 0 Å². The molecule has 1 amide bonds. The Morgan fingerprint density at radius 1 is 1.27 bits per heavy atom. The first-order valence-corrected chi connectivity index (χ1v) is 7.17. The fourth-order valence-corrected chi connectivity index (χ4v) is 2.60. The average molecular weight is 300 g/mol. The lowest BCUT2D eigenvalue weighted by Crippen LogP contribution is -2.31. The van der Waals surface area contributed by atoms with Crippen LogP contribution in [0.3, 0.4) is 0 Å². The summed E-state index contributed by atoms with van der Waals surface area (Å²) in [7, 11) is 0. The van der Waals surface area contributed by atoms with Crippen LogP contribution in [0.5, 0.6) is 0 Å². The van der Waals surface area contributed by atoms with E-state index in [1.807, 2.05) is 6.92 Å². The molecule has 6 heteroatoms. The number of carbonyl (C=O) groups is 1. The van der Waals surface area contributed by atoms with Crippen LogP contribution in [-0.4, -0.2) is 15.9 Å². The number of rotatable bonds is 4. The standard InChI is InChI=1S/C16H17FN4O/c1-9-7-15(19-10(2)18-9)20-21-16(22)13-8-12(13)11-5-3-4-6-14(11)17/h3-7,12-13H,8H2,1-2H3,(H,21,22)(H,18,19,20). The van der Waals surface area contributed by atoms with Crippen molar-refractivity contribution in [1.29, 1.82) is 0 Å². The molecule has 0 bridgehead atoms. The fraction of sp³-hybridized carbons (Fsp3) is 0.312. The number of nitrogens with one attached hydrogen (secondary N) is 2. The van der Waals surface area contributed by atoms with Gasteiger partial charge in [0.2, 0.25) is 5.91 Å². The summed E-state index contributed by atoms with van der Waals surface area (Å²) in [6, 6.07) is 8.34. The fourth-order valence-electron chi connectivity index (χ4n) is 2.60. The molecule has 1 aromatic heterocycles. The molecule has 0 spiro atoms. The lowest BCUT2D eigenvalue weighted by atomic mass is 10.1. The van der Waals surface area contributed by atoms with Gasteiger partial charge >= 0.3 is 0 Å². The number of benzene rings is 1. The van der Waals surface area contributed by atoms with E-state index >= 15 is 0 Å². The number of amides is 1. The third-order valence-electron chi connectivity index (χ3n) is 3.71. The van der Waals surface area contributed by atoms with Crippen molar-refractivity contribution in [1.82, 2.24) is 15.4 Å². The van der Waals surface area contributed by atoms with E-state index in [0.717, 1.165) is 5.69 Å². The largest absolute Gasteiger partial charge is 0.282 e. The number of halogens is 1. The number of anilines is 1. The molecule has 1 fully saturated rings. The minimum Gasteiger partial charge on any atom is -0.282 e. The summed E-state index contributed by atoms with van der Waals surface area (Å²) >= 11 is 0. The van der Waals surface area contributed by atoms with E-state index in [0.29, 0.717) is 23.6 Å². The molecule has 1 aliphatic rings. The third-order valence-corrected chi connectivity index (χ3v) is 3.71. The second-order valence-corrected chi connectivity index (χ2v) is 5.53. The highest BCUT2D eigenvalue weighted by atomic mass is 19.1. The van der Waals surface area contributed by atoms with E-state index in [9.17, 15) is 9.18 Å². The van der Waals surface area contributed by atoms with Crippen molar-refractivity contribution in [2.75, 3.05) is 5.43 Å². The number of hydrogen-bond donors (Lipinski definition) is 2. The molecule has 5 nitrogen and oxygen atoms in total. The Labute approximate surface area is 128 Å². The van der Waals surface area contributed by atoms with Crippen molar-refractivity contribution < 1.29 is 9.18 Å². The monoisotopic (exact) mass is 300 g/mol. The van der Waals surface area contributed by atoms with Crippen molar-refractivity contribution in [3.63, 3.8) is 0 Å². The Balaban J connectivity index is 1.59. The van der Waals surface area contributed by atoms with Crippen molar-refractivity contribution in [2.45, 2.75) is 26.2 Å². The quantitative estimate of drug-likeness (QED) is 0.851. The summed E-state index contributed by atoms with van der Waals surface area (Å²) in [6.07, 6.45) is 0.663. The molecule has 0 saturated heterocycles. The molecule has 2 atom stereocenters. The number of hydrazine groups is 1. The lowest BCUT2D eigenvalue weighted by molar-refractivity contribution is -0.121. The molecule has 2 N–H and O–H groups in total. The van der Waals surface area contributed by atoms with Gasteiger partial charge < -0.3 is 0 Å². The summed E-state index contributed by atoms with van der Waals surface area (Å²) in [4.78, 5) is 20.4. The second-order valence-electron chi connectivity index (χ2n) is 5.53. The van der Waals surface area contributed by atoms with Crippen LogP contribution >= 0.6 is 0 Å². The van der Waals surface area contributed by atoms with E-state index in [4.69, 9.17) is 0 Å². The summed E-state index contributed by atoms with van der Waals surface area (Å²) < 4.78 is 13.7. The van der Waals surface area contributed by atoms with Gasteiger partial charge in [0.25, 0.3) is 0 Å². The molecule has 1 aliphatic carbocycles. The normalized spacial score (nSPS) is 19.6. The molecule has 2 aromatic rings. The zero-order valence-electron chi connectivity index (χ0n) is 12.4. The molecule has 1 saturated carbocycles. The van der Waals surface area contributed by atoms with Gasteiger partial charge in [0.15, 0.2) is 0 Å². The molecule has 0 radical (unpaired) electrons. The van der Waals surface area contributed by atoms with E-state index in [1.54, 1.807) is 31.2 Å². The predicted octanol–water partition coefficient (Wildman–Crippen LogP) is 2.48. The Kier molecular flexibility index (Phi) is 3.75. The van der Waals surface area contributed by atoms with Crippen molar-refractivity contribution in [3.05, 3.63) is 53.2 Å². The Hall–Kier alpha value is -2.50. The molecule has 2 unspecified atom stereocenters. The first-order chi connectivity index (χ1) is 10.5. The van der Waals surface area contributed by atoms with Crippen LogP contribution in [0.15, 0.2) is 30.3 Å². The van der Waals surface area contributed by atoms with E-state index in [2.05, 4.69) is 20.8 Å². The number of hydrogen-bond acceptors (Lipinski definition) is 4. The maximum Gasteiger partial charge on any atom is 0.242 e. The molecule has 114 valence electrons. The zero-order valence-corrected chi connectivity index (χ0v) is 12.4. The first kappa shape index (κ1) is 14.4. The van der Waals surface area contributed by atoms with Crippen LogP contribution in [0.25, 0.3) is 0 Å². The summed E-state index contributed by atoms with van der Waals surface area (Å²) in [5, 5.41) is 0. The van der Waals surface area contributed by atoms with Gasteiger partial charge in [0, 0.05) is 17.7 Å². The molecule has 0 aliphatic heterocycles. The zero-order chi connectivity index (χ0) is 15.7. The first-order valence-electron chi connectivity index (χ1n) is 7.17. The minimum absolute atomic E-state index is 0.0446. The maximum absolute atomic E-state index is 13.7. The predicted molar refractivity (Wildman–Crippen MR) is 80.5 cm³/mol. The molecule has 1 aromatic carbocycles. The average Bonchev–Trinajstić information content (AvgIpc) is 3.24. The summed E-state index contributed by atoms with van der Waals surface area (Å²) in [5.74, 6) is 0.527. The van der Waals surface area contributed by atoms with Gasteiger partial charge in [-0.15, -0.1) is 0 Å². The van der Waals surface area contributed by atoms with Crippen LogP contribution < -0.4 is 10.9 Å². The summed E-state index contributed by atoms with van der Waals surface area (Å²) in [6.45, 7) is 3.64. The van der Waals surface area contributed by atoms with Gasteiger partial charge in [0.1, 0.15) is 17.5 Å². The van der Waals surface area contributed by atoms with Crippen molar-refractivity contribution >= 4 is 11.7 Å². The lowest BCUT2D eigenvalue weighted by Gasteiger charge is -2.09. The van der Waals surface area contributed by atoms with Crippen LogP contribution in [-0.2, 0) is 4.79 Å². The molecular formula is C16H17FN4O. The molecule has 3 rings (SSSR count). The highest BCUT2D eigenvalue weighted by Crippen LogP contribution is 2.48. The van der Waals surface area contributed by atoms with Crippen LogP contribution in [0.2, 0.25) is 0 Å². The number of aryl methyl sites for hydroxylation is 2. The SMILES string of the molecule is Cc1cc(NNC(=O)C2CC2c2ccccc2F)nc(C)n1. The van der Waals surface area contributed by atoms with E-state index in [-0.39, 0.29) is 23.6 Å². The van der Waals surface area contributed by atoms with E-state index < -0.39 is 0 Å². The van der Waals surface area contributed by atoms with Gasteiger partial charge in [-0.05, 0) is 37.8 Å². The second kappa shape index (κ2) is 5.71. The van der Waals surface area contributed by atoms with E-state index in [1.165, 1.54) is 6.07 Å². The smallest absolute Gasteiger partial charge is 0.242 e. The minimum atomic E-state index is -0.252. The van der Waals surface area contributed by atoms with Gasteiger partial charge in [-0.1, -0.05) is 18.2 Å². The number of aromatic nitrogens is 2. The highest BCUT2D eigenvalue weighted by molar-refractivity contribution is 5.83. The van der Waals surface area contributed by atoms with Gasteiger partial charge in [-0.3, -0.25) is 15.6 Å². The Bertz CT molecular complexity index is 699. The van der Waals surface area contributed by atoms with Crippen LogP contribution in [0.4, 0.5) is 10.2 Å². The number of nitrogens with zero attached hydrogens (tertiary/aromatic N) is 2. The third kappa shape index (κ3) is 3.05. The van der Waals surface area contributed by atoms with Crippen LogP contribution in [0.1, 0.15) is 29.4 Å². The Morgan fingerprint density at radius 3 is 2.77 bits per heavy atom. The van der Waals surface area contributed by atoms with Crippen molar-refractivity contribution in [3.8, 4) is 0 Å². The molecular weight excluding hydrogens is 283 g/mol.